The van der Waals surface area contributed by atoms with Gasteiger partial charge in [-0.3, -0.25) is 9.69 Å². The monoisotopic (exact) mass is 356 g/mol. The highest BCUT2D eigenvalue weighted by molar-refractivity contribution is 6.30. The first-order valence-electron chi connectivity index (χ1n) is 8.90. The van der Waals surface area contributed by atoms with Crippen LogP contribution in [0.15, 0.2) is 48.5 Å². The number of piperidine rings is 1. The number of halogens is 1. The maximum Gasteiger partial charge on any atom is 0.224 e. The Labute approximate surface area is 155 Å². The fraction of sp³-hybridized carbons (Fsp3) is 0.381. The molecule has 4 heteroatoms. The Balaban J connectivity index is 1.51. The average molecular weight is 357 g/mol. The van der Waals surface area contributed by atoms with Crippen LogP contribution >= 0.6 is 11.6 Å². The third-order valence-corrected chi connectivity index (χ3v) is 5.00. The maximum absolute atomic E-state index is 12.5. The van der Waals surface area contributed by atoms with Crippen LogP contribution in [-0.4, -0.2) is 23.9 Å². The number of carbonyl (C=O) groups excluding carboxylic acids is 1. The number of rotatable bonds is 5. The van der Waals surface area contributed by atoms with Crippen LogP contribution < -0.4 is 5.32 Å². The van der Waals surface area contributed by atoms with E-state index in [0.717, 1.165) is 43.1 Å². The van der Waals surface area contributed by atoms with Crippen LogP contribution in [0.5, 0.6) is 0 Å². The number of hydrogen-bond acceptors (Lipinski definition) is 2. The van der Waals surface area contributed by atoms with E-state index in [1.807, 2.05) is 18.2 Å². The normalized spacial score (nSPS) is 18.1. The van der Waals surface area contributed by atoms with Crippen LogP contribution in [0.25, 0.3) is 0 Å². The van der Waals surface area contributed by atoms with E-state index in [0.29, 0.717) is 6.54 Å². The summed E-state index contributed by atoms with van der Waals surface area (Å²) in [5.41, 5.74) is 3.62. The summed E-state index contributed by atoms with van der Waals surface area (Å²) in [6.07, 6.45) is 2.03. The summed E-state index contributed by atoms with van der Waals surface area (Å²) < 4.78 is 0. The number of benzene rings is 2. The molecule has 0 spiro atoms. The van der Waals surface area contributed by atoms with E-state index in [1.54, 1.807) is 0 Å². The number of hydrogen-bond donors (Lipinski definition) is 1. The van der Waals surface area contributed by atoms with Gasteiger partial charge in [-0.15, -0.1) is 0 Å². The minimum atomic E-state index is 0.0749. The Kier molecular flexibility index (Phi) is 6.11. The van der Waals surface area contributed by atoms with Gasteiger partial charge in [0.1, 0.15) is 0 Å². The van der Waals surface area contributed by atoms with Crippen molar-refractivity contribution in [2.45, 2.75) is 32.9 Å². The molecule has 2 aromatic carbocycles. The van der Waals surface area contributed by atoms with Crippen molar-refractivity contribution in [3.05, 3.63) is 70.2 Å². The molecule has 0 unspecified atom stereocenters. The van der Waals surface area contributed by atoms with Crippen LogP contribution in [0.3, 0.4) is 0 Å². The SMILES string of the molecule is Cc1cccc(CNC(=O)[C@H]2CCCN(Cc3ccc(Cl)cc3)C2)c1. The van der Waals surface area contributed by atoms with Crippen molar-refractivity contribution < 1.29 is 4.79 Å². The van der Waals surface area contributed by atoms with Crippen molar-refractivity contribution in [2.24, 2.45) is 5.92 Å². The second-order valence-corrected chi connectivity index (χ2v) is 7.34. The molecular weight excluding hydrogens is 332 g/mol. The summed E-state index contributed by atoms with van der Waals surface area (Å²) in [4.78, 5) is 14.9. The first-order chi connectivity index (χ1) is 12.1. The highest BCUT2D eigenvalue weighted by atomic mass is 35.5. The molecule has 2 aromatic rings. The summed E-state index contributed by atoms with van der Waals surface area (Å²) in [5.74, 6) is 0.244. The van der Waals surface area contributed by atoms with E-state index >= 15 is 0 Å². The van der Waals surface area contributed by atoms with Crippen molar-refractivity contribution in [2.75, 3.05) is 13.1 Å². The van der Waals surface area contributed by atoms with Crippen LogP contribution in [0.1, 0.15) is 29.5 Å². The topological polar surface area (TPSA) is 32.3 Å². The average Bonchev–Trinajstić information content (AvgIpc) is 2.62. The lowest BCUT2D eigenvalue weighted by atomic mass is 9.96. The number of likely N-dealkylation sites (tertiary alicyclic amines) is 1. The molecule has 1 atom stereocenters. The summed E-state index contributed by atoms with van der Waals surface area (Å²) in [6.45, 7) is 5.42. The Morgan fingerprint density at radius 3 is 2.76 bits per heavy atom. The molecule has 0 bridgehead atoms. The third kappa shape index (κ3) is 5.32. The summed E-state index contributed by atoms with van der Waals surface area (Å²) >= 11 is 5.95. The molecule has 3 nitrogen and oxygen atoms in total. The first kappa shape index (κ1) is 18.0. The van der Waals surface area contributed by atoms with E-state index in [9.17, 15) is 4.79 Å². The molecule has 0 aromatic heterocycles. The smallest absolute Gasteiger partial charge is 0.224 e. The molecule has 1 aliphatic heterocycles. The molecule has 3 rings (SSSR count). The van der Waals surface area contributed by atoms with E-state index < -0.39 is 0 Å². The molecule has 1 N–H and O–H groups in total. The molecule has 1 fully saturated rings. The van der Waals surface area contributed by atoms with Crippen molar-refractivity contribution in [3.63, 3.8) is 0 Å². The molecule has 25 heavy (non-hydrogen) atoms. The molecule has 1 heterocycles. The lowest BCUT2D eigenvalue weighted by Gasteiger charge is -2.32. The van der Waals surface area contributed by atoms with Crippen molar-refractivity contribution in [1.29, 1.82) is 0 Å². The fourth-order valence-corrected chi connectivity index (χ4v) is 3.54. The van der Waals surface area contributed by atoms with E-state index in [2.05, 4.69) is 47.5 Å². The second-order valence-electron chi connectivity index (χ2n) is 6.91. The van der Waals surface area contributed by atoms with Gasteiger partial charge in [-0.1, -0.05) is 53.6 Å². The quantitative estimate of drug-likeness (QED) is 0.871. The molecule has 1 aliphatic rings. The van der Waals surface area contributed by atoms with Crippen molar-refractivity contribution >= 4 is 17.5 Å². The number of amides is 1. The molecular formula is C21H25ClN2O. The zero-order chi connectivity index (χ0) is 17.6. The number of nitrogens with one attached hydrogen (secondary N) is 1. The summed E-state index contributed by atoms with van der Waals surface area (Å²) in [6, 6.07) is 16.2. The zero-order valence-electron chi connectivity index (χ0n) is 14.7. The first-order valence-corrected chi connectivity index (χ1v) is 9.28. The minimum Gasteiger partial charge on any atom is -0.352 e. The molecule has 0 radical (unpaired) electrons. The van der Waals surface area contributed by atoms with Gasteiger partial charge in [0, 0.05) is 24.7 Å². The van der Waals surface area contributed by atoms with Crippen LogP contribution in [0.2, 0.25) is 5.02 Å². The highest BCUT2D eigenvalue weighted by Crippen LogP contribution is 2.20. The maximum atomic E-state index is 12.5. The Hall–Kier alpha value is -1.84. The lowest BCUT2D eigenvalue weighted by Crippen LogP contribution is -2.42. The summed E-state index contributed by atoms with van der Waals surface area (Å²) in [5, 5.41) is 3.86. The van der Waals surface area contributed by atoms with E-state index in [1.165, 1.54) is 11.1 Å². The van der Waals surface area contributed by atoms with Gasteiger partial charge < -0.3 is 5.32 Å². The highest BCUT2D eigenvalue weighted by Gasteiger charge is 2.25. The molecule has 132 valence electrons. The van der Waals surface area contributed by atoms with Gasteiger partial charge in [0.2, 0.25) is 5.91 Å². The predicted octanol–water partition coefficient (Wildman–Crippen LogP) is 4.18. The fourth-order valence-electron chi connectivity index (χ4n) is 3.42. The number of aryl methyl sites for hydroxylation is 1. The van der Waals surface area contributed by atoms with Gasteiger partial charge in [0.25, 0.3) is 0 Å². The standard InChI is InChI=1S/C21H25ClN2O/c1-16-4-2-5-18(12-16)13-23-21(25)19-6-3-11-24(15-19)14-17-7-9-20(22)10-8-17/h2,4-5,7-10,12,19H,3,6,11,13-15H2,1H3,(H,23,25)/t19-/m0/s1. The number of nitrogens with zero attached hydrogens (tertiary/aromatic N) is 1. The zero-order valence-corrected chi connectivity index (χ0v) is 15.4. The van der Waals surface area contributed by atoms with Crippen molar-refractivity contribution in [1.82, 2.24) is 10.2 Å². The Morgan fingerprint density at radius 2 is 2.00 bits per heavy atom. The molecule has 0 aliphatic carbocycles. The predicted molar refractivity (Wildman–Crippen MR) is 102 cm³/mol. The van der Waals surface area contributed by atoms with Crippen molar-refractivity contribution in [3.8, 4) is 0 Å². The van der Waals surface area contributed by atoms with E-state index in [-0.39, 0.29) is 11.8 Å². The second kappa shape index (κ2) is 8.50. The Morgan fingerprint density at radius 1 is 1.20 bits per heavy atom. The largest absolute Gasteiger partial charge is 0.352 e. The van der Waals surface area contributed by atoms with Gasteiger partial charge in [0.05, 0.1) is 5.92 Å². The summed E-state index contributed by atoms with van der Waals surface area (Å²) in [7, 11) is 0. The minimum absolute atomic E-state index is 0.0749. The van der Waals surface area contributed by atoms with Gasteiger partial charge >= 0.3 is 0 Å². The Bertz CT molecular complexity index is 714. The third-order valence-electron chi connectivity index (χ3n) is 4.74. The van der Waals surface area contributed by atoms with Gasteiger partial charge in [-0.2, -0.15) is 0 Å². The molecule has 0 saturated carbocycles. The van der Waals surface area contributed by atoms with Gasteiger partial charge in [-0.05, 0) is 49.6 Å². The van der Waals surface area contributed by atoms with Gasteiger partial charge in [-0.25, -0.2) is 0 Å². The van der Waals surface area contributed by atoms with Crippen LogP contribution in [-0.2, 0) is 17.9 Å². The lowest BCUT2D eigenvalue weighted by molar-refractivity contribution is -0.126. The van der Waals surface area contributed by atoms with E-state index in [4.69, 9.17) is 11.6 Å². The van der Waals surface area contributed by atoms with Crippen LogP contribution in [0, 0.1) is 12.8 Å². The molecule has 1 saturated heterocycles. The molecule has 1 amide bonds. The van der Waals surface area contributed by atoms with Gasteiger partial charge in [0.15, 0.2) is 0 Å². The van der Waals surface area contributed by atoms with Crippen LogP contribution in [0.4, 0.5) is 0 Å². The number of carbonyl (C=O) groups is 1.